The molecule has 0 bridgehead atoms. The fourth-order valence-corrected chi connectivity index (χ4v) is 3.38. The number of hydrogen-bond donors (Lipinski definition) is 1. The van der Waals surface area contributed by atoms with Crippen LogP contribution in [0.1, 0.15) is 16.8 Å². The van der Waals surface area contributed by atoms with Gasteiger partial charge in [0.05, 0.1) is 12.1 Å². The van der Waals surface area contributed by atoms with Crippen molar-refractivity contribution in [3.63, 3.8) is 0 Å². The van der Waals surface area contributed by atoms with Gasteiger partial charge in [-0.3, -0.25) is 4.79 Å². The van der Waals surface area contributed by atoms with E-state index in [1.807, 2.05) is 41.8 Å². The van der Waals surface area contributed by atoms with Crippen molar-refractivity contribution in [2.75, 3.05) is 0 Å². The lowest BCUT2D eigenvalue weighted by molar-refractivity contribution is -0.120. The molecule has 24 heavy (non-hydrogen) atoms. The summed E-state index contributed by atoms with van der Waals surface area (Å²) in [6.45, 7) is 2.48. The molecule has 0 aliphatic carbocycles. The zero-order valence-electron chi connectivity index (χ0n) is 13.3. The van der Waals surface area contributed by atoms with Crippen LogP contribution in [0, 0.1) is 6.92 Å². The van der Waals surface area contributed by atoms with E-state index in [1.54, 1.807) is 11.3 Å². The highest BCUT2D eigenvalue weighted by Gasteiger charge is 2.09. The second-order valence-corrected chi connectivity index (χ2v) is 6.82. The van der Waals surface area contributed by atoms with Crippen molar-refractivity contribution in [2.45, 2.75) is 19.9 Å². The van der Waals surface area contributed by atoms with Gasteiger partial charge in [-0.25, -0.2) is 4.98 Å². The Hall–Kier alpha value is -2.17. The molecule has 0 aliphatic heterocycles. The second-order valence-electron chi connectivity index (χ2n) is 5.56. The Morgan fingerprint density at radius 1 is 1.21 bits per heavy atom. The van der Waals surface area contributed by atoms with Crippen LogP contribution in [0.3, 0.4) is 0 Å². The number of thiazole rings is 1. The van der Waals surface area contributed by atoms with E-state index in [4.69, 9.17) is 11.6 Å². The standard InChI is InChI=1S/C19H17ClN2OS/c1-13-5-4-7-14(9-13)19-22-16(12-24-19)10-18(23)21-11-15-6-2-3-8-17(15)20/h2-9,12H,10-11H2,1H3,(H,21,23). The van der Waals surface area contributed by atoms with Gasteiger partial charge in [0.15, 0.2) is 0 Å². The largest absolute Gasteiger partial charge is 0.352 e. The number of benzene rings is 2. The van der Waals surface area contributed by atoms with Gasteiger partial charge in [0.25, 0.3) is 0 Å². The van der Waals surface area contributed by atoms with Crippen molar-refractivity contribution >= 4 is 28.8 Å². The molecule has 1 aromatic heterocycles. The van der Waals surface area contributed by atoms with Crippen LogP contribution < -0.4 is 5.32 Å². The van der Waals surface area contributed by atoms with Gasteiger partial charge >= 0.3 is 0 Å². The summed E-state index contributed by atoms with van der Waals surface area (Å²) >= 11 is 7.65. The number of aromatic nitrogens is 1. The summed E-state index contributed by atoms with van der Waals surface area (Å²) in [4.78, 5) is 16.7. The van der Waals surface area contributed by atoms with E-state index in [0.29, 0.717) is 11.6 Å². The minimum Gasteiger partial charge on any atom is -0.352 e. The van der Waals surface area contributed by atoms with Gasteiger partial charge in [-0.05, 0) is 24.6 Å². The Morgan fingerprint density at radius 2 is 2.04 bits per heavy atom. The molecule has 0 fully saturated rings. The van der Waals surface area contributed by atoms with E-state index < -0.39 is 0 Å². The third-order valence-electron chi connectivity index (χ3n) is 3.59. The quantitative estimate of drug-likeness (QED) is 0.724. The van der Waals surface area contributed by atoms with Crippen LogP contribution >= 0.6 is 22.9 Å². The highest BCUT2D eigenvalue weighted by Crippen LogP contribution is 2.24. The Balaban J connectivity index is 1.60. The molecule has 1 amide bonds. The average molecular weight is 357 g/mol. The molecule has 3 nitrogen and oxygen atoms in total. The van der Waals surface area contributed by atoms with Crippen LogP contribution in [0.25, 0.3) is 10.6 Å². The van der Waals surface area contributed by atoms with Crippen molar-refractivity contribution in [1.29, 1.82) is 0 Å². The fraction of sp³-hybridized carbons (Fsp3) is 0.158. The van der Waals surface area contributed by atoms with Gasteiger partial charge in [-0.1, -0.05) is 53.6 Å². The Bertz CT molecular complexity index is 860. The van der Waals surface area contributed by atoms with Crippen LogP contribution in [0.15, 0.2) is 53.9 Å². The summed E-state index contributed by atoms with van der Waals surface area (Å²) in [6.07, 6.45) is 0.271. The fourth-order valence-electron chi connectivity index (χ4n) is 2.36. The van der Waals surface area contributed by atoms with Gasteiger partial charge in [0, 0.05) is 22.5 Å². The first-order chi connectivity index (χ1) is 11.6. The number of nitrogens with one attached hydrogen (secondary N) is 1. The van der Waals surface area contributed by atoms with Gasteiger partial charge in [-0.15, -0.1) is 11.3 Å². The zero-order chi connectivity index (χ0) is 16.9. The van der Waals surface area contributed by atoms with E-state index in [9.17, 15) is 4.79 Å². The molecular weight excluding hydrogens is 340 g/mol. The summed E-state index contributed by atoms with van der Waals surface area (Å²) in [6, 6.07) is 15.7. The summed E-state index contributed by atoms with van der Waals surface area (Å²) < 4.78 is 0. The van der Waals surface area contributed by atoms with Crippen molar-refractivity contribution in [3.8, 4) is 10.6 Å². The van der Waals surface area contributed by atoms with E-state index in [1.165, 1.54) is 5.56 Å². The third-order valence-corrected chi connectivity index (χ3v) is 4.90. The highest BCUT2D eigenvalue weighted by molar-refractivity contribution is 7.13. The van der Waals surface area contributed by atoms with Crippen LogP contribution in [-0.4, -0.2) is 10.9 Å². The first-order valence-corrected chi connectivity index (χ1v) is 8.89. The lowest BCUT2D eigenvalue weighted by Gasteiger charge is -2.06. The lowest BCUT2D eigenvalue weighted by atomic mass is 10.1. The van der Waals surface area contributed by atoms with E-state index >= 15 is 0 Å². The number of aryl methyl sites for hydroxylation is 1. The summed E-state index contributed by atoms with van der Waals surface area (Å²) in [5.74, 6) is -0.0592. The molecule has 2 aromatic carbocycles. The molecule has 122 valence electrons. The molecule has 3 aromatic rings. The molecule has 3 rings (SSSR count). The number of nitrogens with zero attached hydrogens (tertiary/aromatic N) is 1. The first-order valence-electron chi connectivity index (χ1n) is 7.63. The molecule has 0 unspecified atom stereocenters. The smallest absolute Gasteiger partial charge is 0.226 e. The normalized spacial score (nSPS) is 10.6. The maximum absolute atomic E-state index is 12.1. The van der Waals surface area contributed by atoms with Crippen molar-refractivity contribution < 1.29 is 4.79 Å². The molecule has 0 saturated carbocycles. The molecule has 0 atom stereocenters. The number of carbonyl (C=O) groups excluding carboxylic acids is 1. The molecule has 0 aliphatic rings. The number of halogens is 1. The number of hydrogen-bond acceptors (Lipinski definition) is 3. The molecule has 1 N–H and O–H groups in total. The minimum absolute atomic E-state index is 0.0592. The second kappa shape index (κ2) is 7.60. The number of amides is 1. The molecule has 5 heteroatoms. The summed E-state index contributed by atoms with van der Waals surface area (Å²) in [7, 11) is 0. The molecule has 0 spiro atoms. The van der Waals surface area contributed by atoms with E-state index in [2.05, 4.69) is 29.4 Å². The minimum atomic E-state index is -0.0592. The predicted octanol–water partition coefficient (Wildman–Crippen LogP) is 4.63. The SMILES string of the molecule is Cc1cccc(-c2nc(CC(=O)NCc3ccccc3Cl)cs2)c1. The average Bonchev–Trinajstić information content (AvgIpc) is 3.02. The van der Waals surface area contributed by atoms with Crippen molar-refractivity contribution in [2.24, 2.45) is 0 Å². The maximum Gasteiger partial charge on any atom is 0.226 e. The Labute approximate surface area is 150 Å². The van der Waals surface area contributed by atoms with Crippen molar-refractivity contribution in [1.82, 2.24) is 10.3 Å². The van der Waals surface area contributed by atoms with Crippen molar-refractivity contribution in [3.05, 3.63) is 75.8 Å². The summed E-state index contributed by atoms with van der Waals surface area (Å²) in [5, 5.41) is 6.42. The van der Waals surface area contributed by atoms with Gasteiger partial charge in [0.2, 0.25) is 5.91 Å². The monoisotopic (exact) mass is 356 g/mol. The van der Waals surface area contributed by atoms with Crippen LogP contribution in [-0.2, 0) is 17.8 Å². The van der Waals surface area contributed by atoms with Gasteiger partial charge < -0.3 is 5.32 Å². The van der Waals surface area contributed by atoms with Crippen LogP contribution in [0.2, 0.25) is 5.02 Å². The maximum atomic E-state index is 12.1. The topological polar surface area (TPSA) is 42.0 Å². The highest BCUT2D eigenvalue weighted by atomic mass is 35.5. The summed E-state index contributed by atoms with van der Waals surface area (Å²) in [5.41, 5.74) is 3.98. The molecule has 1 heterocycles. The Kier molecular flexibility index (Phi) is 5.28. The van der Waals surface area contributed by atoms with Crippen LogP contribution in [0.5, 0.6) is 0 Å². The van der Waals surface area contributed by atoms with E-state index in [-0.39, 0.29) is 12.3 Å². The number of carbonyl (C=O) groups is 1. The van der Waals surface area contributed by atoms with E-state index in [0.717, 1.165) is 21.8 Å². The molecule has 0 saturated heterocycles. The van der Waals surface area contributed by atoms with Gasteiger partial charge in [-0.2, -0.15) is 0 Å². The van der Waals surface area contributed by atoms with Crippen LogP contribution in [0.4, 0.5) is 0 Å². The number of rotatable bonds is 5. The Morgan fingerprint density at radius 3 is 2.83 bits per heavy atom. The predicted molar refractivity (Wildman–Crippen MR) is 99.3 cm³/mol. The van der Waals surface area contributed by atoms with Gasteiger partial charge in [0.1, 0.15) is 5.01 Å². The third kappa shape index (κ3) is 4.22. The lowest BCUT2D eigenvalue weighted by Crippen LogP contribution is -2.24. The zero-order valence-corrected chi connectivity index (χ0v) is 14.8. The molecule has 0 radical (unpaired) electrons. The first kappa shape index (κ1) is 16.7. The molecular formula is C19H17ClN2OS.